The summed E-state index contributed by atoms with van der Waals surface area (Å²) in [6.45, 7) is 5.67. The Labute approximate surface area is 131 Å². The van der Waals surface area contributed by atoms with E-state index in [1.54, 1.807) is 12.1 Å². The maximum atomic E-state index is 13.6. The molecule has 116 valence electrons. The number of carbonyl (C=O) groups excluding carboxylic acids is 1. The molecular weight excluding hydrogens is 289 g/mol. The Balaban J connectivity index is 2.77. The van der Waals surface area contributed by atoms with Crippen molar-refractivity contribution < 1.29 is 9.18 Å². The fraction of sp³-hybridized carbons (Fsp3) is 0.471. The van der Waals surface area contributed by atoms with E-state index in [-0.39, 0.29) is 11.5 Å². The first-order valence-electron chi connectivity index (χ1n) is 7.51. The monoisotopic (exact) mass is 311 g/mol. The highest BCUT2D eigenvalue weighted by atomic mass is 35.5. The van der Waals surface area contributed by atoms with E-state index in [4.69, 9.17) is 11.6 Å². The minimum Gasteiger partial charge on any atom is -0.339 e. The molecule has 0 radical (unpaired) electrons. The fourth-order valence-electron chi connectivity index (χ4n) is 1.96. The van der Waals surface area contributed by atoms with Crippen LogP contribution in [0.3, 0.4) is 0 Å². The van der Waals surface area contributed by atoms with Gasteiger partial charge in [-0.05, 0) is 31.1 Å². The van der Waals surface area contributed by atoms with Gasteiger partial charge in [-0.25, -0.2) is 4.39 Å². The zero-order chi connectivity index (χ0) is 15.7. The molecule has 4 heteroatoms. The average Bonchev–Trinajstić information content (AvgIpc) is 2.46. The first-order valence-corrected chi connectivity index (χ1v) is 7.89. The Morgan fingerprint density at radius 1 is 1.24 bits per heavy atom. The van der Waals surface area contributed by atoms with Gasteiger partial charge in [-0.3, -0.25) is 4.79 Å². The number of benzene rings is 1. The number of nitrogens with zero attached hydrogens (tertiary/aromatic N) is 1. The summed E-state index contributed by atoms with van der Waals surface area (Å²) in [5.74, 6) is -0.503. The minimum atomic E-state index is -0.416. The van der Waals surface area contributed by atoms with Crippen LogP contribution in [-0.4, -0.2) is 23.9 Å². The molecule has 0 spiro atoms. The Hall–Kier alpha value is -1.35. The van der Waals surface area contributed by atoms with Gasteiger partial charge < -0.3 is 4.90 Å². The average molecular weight is 312 g/mol. The molecule has 0 fully saturated rings. The van der Waals surface area contributed by atoms with E-state index in [1.165, 1.54) is 18.2 Å². The lowest BCUT2D eigenvalue weighted by molar-refractivity contribution is -0.126. The van der Waals surface area contributed by atoms with E-state index in [0.717, 1.165) is 38.8 Å². The molecule has 1 aromatic rings. The Kier molecular flexibility index (Phi) is 8.06. The molecule has 0 N–H and O–H groups in total. The number of unbranched alkanes of at least 4 members (excludes halogenated alkanes) is 2. The first-order chi connectivity index (χ1) is 10.1. The summed E-state index contributed by atoms with van der Waals surface area (Å²) < 4.78 is 13.6. The van der Waals surface area contributed by atoms with Crippen LogP contribution in [0.1, 0.15) is 45.1 Å². The first kappa shape index (κ1) is 17.7. The highest BCUT2D eigenvalue weighted by Gasteiger charge is 2.10. The van der Waals surface area contributed by atoms with Gasteiger partial charge >= 0.3 is 0 Å². The van der Waals surface area contributed by atoms with Crippen LogP contribution >= 0.6 is 11.6 Å². The van der Waals surface area contributed by atoms with Gasteiger partial charge in [0.15, 0.2) is 0 Å². The zero-order valence-corrected chi connectivity index (χ0v) is 13.5. The molecule has 0 heterocycles. The molecule has 1 rings (SSSR count). The maximum Gasteiger partial charge on any atom is 0.246 e. The summed E-state index contributed by atoms with van der Waals surface area (Å²) in [6, 6.07) is 4.49. The molecule has 0 aromatic heterocycles. The van der Waals surface area contributed by atoms with Gasteiger partial charge in [0.05, 0.1) is 5.02 Å². The lowest BCUT2D eigenvalue weighted by Gasteiger charge is -2.20. The van der Waals surface area contributed by atoms with Gasteiger partial charge in [-0.15, -0.1) is 0 Å². The largest absolute Gasteiger partial charge is 0.339 e. The molecule has 0 unspecified atom stereocenters. The SMILES string of the molecule is CCCCN(CCCC)C(=O)C=Cc1c(F)cccc1Cl. The van der Waals surface area contributed by atoms with Crippen LogP contribution in [0, 0.1) is 5.82 Å². The van der Waals surface area contributed by atoms with E-state index in [2.05, 4.69) is 13.8 Å². The molecule has 0 atom stereocenters. The molecule has 21 heavy (non-hydrogen) atoms. The molecular formula is C17H23ClFNO. The van der Waals surface area contributed by atoms with Gasteiger partial charge in [0, 0.05) is 24.7 Å². The van der Waals surface area contributed by atoms with Crippen molar-refractivity contribution in [2.45, 2.75) is 39.5 Å². The Morgan fingerprint density at radius 3 is 2.38 bits per heavy atom. The van der Waals surface area contributed by atoms with E-state index in [0.29, 0.717) is 5.02 Å². The number of amides is 1. The number of rotatable bonds is 8. The number of hydrogen-bond acceptors (Lipinski definition) is 1. The van der Waals surface area contributed by atoms with E-state index in [9.17, 15) is 9.18 Å². The number of halogens is 2. The van der Waals surface area contributed by atoms with Crippen LogP contribution in [0.15, 0.2) is 24.3 Å². The number of hydrogen-bond donors (Lipinski definition) is 0. The van der Waals surface area contributed by atoms with Crippen molar-refractivity contribution in [2.24, 2.45) is 0 Å². The predicted molar refractivity (Wildman–Crippen MR) is 86.8 cm³/mol. The fourth-order valence-corrected chi connectivity index (χ4v) is 2.19. The molecule has 1 aromatic carbocycles. The second-order valence-electron chi connectivity index (χ2n) is 5.00. The van der Waals surface area contributed by atoms with Gasteiger partial charge in [-0.1, -0.05) is 44.4 Å². The lowest BCUT2D eigenvalue weighted by Crippen LogP contribution is -2.31. The second kappa shape index (κ2) is 9.56. The van der Waals surface area contributed by atoms with E-state index < -0.39 is 5.82 Å². The zero-order valence-electron chi connectivity index (χ0n) is 12.7. The maximum absolute atomic E-state index is 13.6. The molecule has 0 aliphatic heterocycles. The Morgan fingerprint density at radius 2 is 1.86 bits per heavy atom. The predicted octanol–water partition coefficient (Wildman–Crippen LogP) is 4.92. The van der Waals surface area contributed by atoms with Gasteiger partial charge in [0.2, 0.25) is 5.91 Å². The van der Waals surface area contributed by atoms with Crippen molar-refractivity contribution >= 4 is 23.6 Å². The highest BCUT2D eigenvalue weighted by Crippen LogP contribution is 2.20. The molecule has 0 aliphatic rings. The van der Waals surface area contributed by atoms with Crippen LogP contribution in [-0.2, 0) is 4.79 Å². The van der Waals surface area contributed by atoms with Crippen LogP contribution in [0.5, 0.6) is 0 Å². The van der Waals surface area contributed by atoms with Crippen molar-refractivity contribution in [1.82, 2.24) is 4.90 Å². The summed E-state index contributed by atoms with van der Waals surface area (Å²) in [7, 11) is 0. The van der Waals surface area contributed by atoms with Gasteiger partial charge in [-0.2, -0.15) is 0 Å². The molecule has 0 saturated heterocycles. The van der Waals surface area contributed by atoms with Crippen LogP contribution in [0.25, 0.3) is 6.08 Å². The van der Waals surface area contributed by atoms with Crippen molar-refractivity contribution in [1.29, 1.82) is 0 Å². The van der Waals surface area contributed by atoms with Crippen LogP contribution in [0.4, 0.5) is 4.39 Å². The lowest BCUT2D eigenvalue weighted by atomic mass is 10.2. The smallest absolute Gasteiger partial charge is 0.246 e. The molecule has 0 saturated carbocycles. The van der Waals surface area contributed by atoms with Gasteiger partial charge in [0.1, 0.15) is 5.82 Å². The van der Waals surface area contributed by atoms with E-state index >= 15 is 0 Å². The summed E-state index contributed by atoms with van der Waals surface area (Å²) in [6.07, 6.45) is 6.91. The standard InChI is InChI=1S/C17H23ClFNO/c1-3-5-12-20(13-6-4-2)17(21)11-10-14-15(18)8-7-9-16(14)19/h7-11H,3-6,12-13H2,1-2H3. The number of carbonyl (C=O) groups is 1. The third kappa shape index (κ3) is 5.88. The topological polar surface area (TPSA) is 20.3 Å². The third-order valence-electron chi connectivity index (χ3n) is 3.27. The molecule has 0 bridgehead atoms. The second-order valence-corrected chi connectivity index (χ2v) is 5.41. The van der Waals surface area contributed by atoms with Crippen molar-refractivity contribution in [3.63, 3.8) is 0 Å². The van der Waals surface area contributed by atoms with Crippen molar-refractivity contribution in [2.75, 3.05) is 13.1 Å². The van der Waals surface area contributed by atoms with Crippen molar-refractivity contribution in [3.8, 4) is 0 Å². The molecule has 2 nitrogen and oxygen atoms in total. The van der Waals surface area contributed by atoms with Crippen molar-refractivity contribution in [3.05, 3.63) is 40.7 Å². The quantitative estimate of drug-likeness (QED) is 0.624. The summed E-state index contributed by atoms with van der Waals surface area (Å²) in [5, 5.41) is 0.313. The normalized spacial score (nSPS) is 11.0. The van der Waals surface area contributed by atoms with Crippen LogP contribution < -0.4 is 0 Å². The van der Waals surface area contributed by atoms with E-state index in [1.807, 2.05) is 4.90 Å². The van der Waals surface area contributed by atoms with Gasteiger partial charge in [0.25, 0.3) is 0 Å². The summed E-state index contributed by atoms with van der Waals surface area (Å²) in [4.78, 5) is 14.0. The minimum absolute atomic E-state index is 0.0868. The molecule has 1 amide bonds. The summed E-state index contributed by atoms with van der Waals surface area (Å²) in [5.41, 5.74) is 0.262. The van der Waals surface area contributed by atoms with Crippen LogP contribution in [0.2, 0.25) is 5.02 Å². The Bertz CT molecular complexity index is 459. The summed E-state index contributed by atoms with van der Waals surface area (Å²) >= 11 is 5.94. The molecule has 0 aliphatic carbocycles. The highest BCUT2D eigenvalue weighted by molar-refractivity contribution is 6.32. The third-order valence-corrected chi connectivity index (χ3v) is 3.60.